The molecule has 92 valence electrons. The first-order valence-corrected chi connectivity index (χ1v) is 6.92. The van der Waals surface area contributed by atoms with Crippen molar-refractivity contribution in [3.8, 4) is 0 Å². The molecule has 0 saturated heterocycles. The number of ether oxygens (including phenoxy) is 1. The molecule has 1 aromatic rings. The second-order valence-electron chi connectivity index (χ2n) is 4.66. The minimum Gasteiger partial charge on any atom is -0.459 e. The first kappa shape index (κ1) is 12.6. The smallest absolute Gasteiger partial charge is 0.338 e. The van der Waals surface area contributed by atoms with E-state index in [9.17, 15) is 4.79 Å². The third-order valence-corrected chi connectivity index (χ3v) is 3.97. The van der Waals surface area contributed by atoms with E-state index in [1.165, 1.54) is 25.7 Å². The van der Waals surface area contributed by atoms with E-state index in [0.29, 0.717) is 11.5 Å². The lowest BCUT2D eigenvalue weighted by molar-refractivity contribution is 0.0204. The first-order valence-electron chi connectivity index (χ1n) is 6.13. The van der Waals surface area contributed by atoms with Crippen LogP contribution in [-0.2, 0) is 4.74 Å². The van der Waals surface area contributed by atoms with Crippen molar-refractivity contribution in [3.63, 3.8) is 0 Å². The van der Waals surface area contributed by atoms with Crippen molar-refractivity contribution in [2.24, 2.45) is 5.92 Å². The van der Waals surface area contributed by atoms with Crippen molar-refractivity contribution in [2.75, 3.05) is 0 Å². The van der Waals surface area contributed by atoms with Gasteiger partial charge in [-0.1, -0.05) is 28.8 Å². The molecular formula is C14H17BrO2. The molecule has 0 aliphatic heterocycles. The molecule has 1 fully saturated rings. The van der Waals surface area contributed by atoms with Crippen LogP contribution in [-0.4, -0.2) is 12.1 Å². The number of benzene rings is 1. The van der Waals surface area contributed by atoms with Gasteiger partial charge in [0.1, 0.15) is 6.10 Å². The highest BCUT2D eigenvalue weighted by Crippen LogP contribution is 2.29. The van der Waals surface area contributed by atoms with Crippen LogP contribution in [0.25, 0.3) is 0 Å². The summed E-state index contributed by atoms with van der Waals surface area (Å²) in [4.78, 5) is 11.9. The van der Waals surface area contributed by atoms with E-state index in [2.05, 4.69) is 15.9 Å². The molecule has 0 N–H and O–H groups in total. The number of halogens is 1. The molecule has 2 nitrogen and oxygen atoms in total. The maximum Gasteiger partial charge on any atom is 0.338 e. The Morgan fingerprint density at radius 2 is 1.88 bits per heavy atom. The predicted octanol–water partition coefficient (Wildman–Crippen LogP) is 4.18. The van der Waals surface area contributed by atoms with Crippen LogP contribution in [0.2, 0.25) is 0 Å². The summed E-state index contributed by atoms with van der Waals surface area (Å²) < 4.78 is 6.48. The highest BCUT2D eigenvalue weighted by atomic mass is 79.9. The highest BCUT2D eigenvalue weighted by molar-refractivity contribution is 9.10. The van der Waals surface area contributed by atoms with Gasteiger partial charge in [-0.25, -0.2) is 4.79 Å². The normalized spacial score (nSPS) is 18.0. The highest BCUT2D eigenvalue weighted by Gasteiger charge is 2.24. The Labute approximate surface area is 110 Å². The molecule has 0 heterocycles. The number of hydrogen-bond acceptors (Lipinski definition) is 2. The quantitative estimate of drug-likeness (QED) is 0.782. The van der Waals surface area contributed by atoms with Gasteiger partial charge in [0.05, 0.1) is 5.56 Å². The molecule has 0 radical (unpaired) electrons. The van der Waals surface area contributed by atoms with Crippen LogP contribution in [0.15, 0.2) is 28.7 Å². The van der Waals surface area contributed by atoms with Crippen LogP contribution in [0.4, 0.5) is 0 Å². The van der Waals surface area contributed by atoms with Crippen molar-refractivity contribution in [1.82, 2.24) is 0 Å². The van der Waals surface area contributed by atoms with E-state index in [-0.39, 0.29) is 12.1 Å². The maximum absolute atomic E-state index is 11.9. The summed E-state index contributed by atoms with van der Waals surface area (Å²) >= 11 is 3.35. The maximum atomic E-state index is 11.9. The van der Waals surface area contributed by atoms with Gasteiger partial charge >= 0.3 is 5.97 Å². The Balaban J connectivity index is 1.94. The topological polar surface area (TPSA) is 26.3 Å². The summed E-state index contributed by atoms with van der Waals surface area (Å²) in [5.74, 6) is 0.339. The molecule has 1 atom stereocenters. The lowest BCUT2D eigenvalue weighted by atomic mass is 10.0. The standard InChI is InChI=1S/C14H17BrO2/c1-10(11-4-2-3-5-11)17-14(16)12-6-8-13(15)9-7-12/h6-11H,2-5H2,1H3. The lowest BCUT2D eigenvalue weighted by Crippen LogP contribution is -2.22. The average molecular weight is 297 g/mol. The van der Waals surface area contributed by atoms with Crippen molar-refractivity contribution in [2.45, 2.75) is 38.7 Å². The number of hydrogen-bond donors (Lipinski definition) is 0. The third kappa shape index (κ3) is 3.32. The Hall–Kier alpha value is -0.830. The van der Waals surface area contributed by atoms with Crippen LogP contribution in [0.5, 0.6) is 0 Å². The Kier molecular flexibility index (Phi) is 4.21. The average Bonchev–Trinajstić information content (AvgIpc) is 2.83. The second-order valence-corrected chi connectivity index (χ2v) is 5.58. The minimum absolute atomic E-state index is 0.0358. The van der Waals surface area contributed by atoms with E-state index >= 15 is 0 Å². The van der Waals surface area contributed by atoms with Crippen LogP contribution in [0, 0.1) is 5.92 Å². The zero-order chi connectivity index (χ0) is 12.3. The van der Waals surface area contributed by atoms with Gasteiger partial charge in [-0.3, -0.25) is 0 Å². The molecule has 0 aromatic heterocycles. The monoisotopic (exact) mass is 296 g/mol. The van der Waals surface area contributed by atoms with Crippen molar-refractivity contribution in [1.29, 1.82) is 0 Å². The summed E-state index contributed by atoms with van der Waals surface area (Å²) in [5.41, 5.74) is 0.623. The number of rotatable bonds is 3. The van der Waals surface area contributed by atoms with E-state index < -0.39 is 0 Å². The molecule has 1 aliphatic carbocycles. The Morgan fingerprint density at radius 1 is 1.29 bits per heavy atom. The van der Waals surface area contributed by atoms with Crippen molar-refractivity contribution >= 4 is 21.9 Å². The zero-order valence-electron chi connectivity index (χ0n) is 9.99. The fourth-order valence-corrected chi connectivity index (χ4v) is 2.61. The molecular weight excluding hydrogens is 280 g/mol. The number of esters is 1. The lowest BCUT2D eigenvalue weighted by Gasteiger charge is -2.19. The van der Waals surface area contributed by atoms with Gasteiger partial charge < -0.3 is 4.74 Å². The van der Waals surface area contributed by atoms with E-state index in [4.69, 9.17) is 4.74 Å². The molecule has 1 aliphatic rings. The van der Waals surface area contributed by atoms with Gasteiger partial charge in [-0.2, -0.15) is 0 Å². The molecule has 1 aromatic carbocycles. The van der Waals surface area contributed by atoms with E-state index in [1.807, 2.05) is 19.1 Å². The van der Waals surface area contributed by atoms with E-state index in [1.54, 1.807) is 12.1 Å². The van der Waals surface area contributed by atoms with Crippen LogP contribution in [0.3, 0.4) is 0 Å². The fraction of sp³-hybridized carbons (Fsp3) is 0.500. The number of carbonyl (C=O) groups excluding carboxylic acids is 1. The van der Waals surface area contributed by atoms with Gasteiger partial charge in [0, 0.05) is 4.47 Å². The zero-order valence-corrected chi connectivity index (χ0v) is 11.6. The Bertz CT molecular complexity index is 380. The first-order chi connectivity index (χ1) is 8.16. The predicted molar refractivity (Wildman–Crippen MR) is 71.0 cm³/mol. The van der Waals surface area contributed by atoms with Gasteiger partial charge in [0.2, 0.25) is 0 Å². The van der Waals surface area contributed by atoms with Crippen LogP contribution < -0.4 is 0 Å². The SMILES string of the molecule is CC(OC(=O)c1ccc(Br)cc1)C1CCCC1. The number of carbonyl (C=O) groups is 1. The molecule has 2 rings (SSSR count). The third-order valence-electron chi connectivity index (χ3n) is 3.44. The van der Waals surface area contributed by atoms with Gasteiger partial charge in [0.15, 0.2) is 0 Å². The molecule has 1 unspecified atom stereocenters. The molecule has 0 amide bonds. The fourth-order valence-electron chi connectivity index (χ4n) is 2.35. The molecule has 0 spiro atoms. The van der Waals surface area contributed by atoms with Gasteiger partial charge in [0.25, 0.3) is 0 Å². The van der Waals surface area contributed by atoms with Crippen molar-refractivity contribution < 1.29 is 9.53 Å². The summed E-state index contributed by atoms with van der Waals surface area (Å²) in [6.07, 6.45) is 4.95. The van der Waals surface area contributed by atoms with E-state index in [0.717, 1.165) is 4.47 Å². The van der Waals surface area contributed by atoms with Crippen molar-refractivity contribution in [3.05, 3.63) is 34.3 Å². The summed E-state index contributed by atoms with van der Waals surface area (Å²) in [5, 5.41) is 0. The van der Waals surface area contributed by atoms with Crippen LogP contribution >= 0.6 is 15.9 Å². The second kappa shape index (κ2) is 5.67. The van der Waals surface area contributed by atoms with Gasteiger partial charge in [-0.05, 0) is 49.9 Å². The molecule has 0 bridgehead atoms. The minimum atomic E-state index is -0.211. The Morgan fingerprint density at radius 3 is 2.47 bits per heavy atom. The largest absolute Gasteiger partial charge is 0.459 e. The van der Waals surface area contributed by atoms with Crippen LogP contribution in [0.1, 0.15) is 43.0 Å². The molecule has 3 heteroatoms. The molecule has 17 heavy (non-hydrogen) atoms. The summed E-state index contributed by atoms with van der Waals surface area (Å²) in [6.45, 7) is 2.01. The van der Waals surface area contributed by atoms with Gasteiger partial charge in [-0.15, -0.1) is 0 Å². The summed E-state index contributed by atoms with van der Waals surface area (Å²) in [6, 6.07) is 7.29. The molecule has 1 saturated carbocycles. The summed E-state index contributed by atoms with van der Waals surface area (Å²) in [7, 11) is 0.